The van der Waals surface area contributed by atoms with Gasteiger partial charge in [-0.05, 0) is 37.6 Å². The van der Waals surface area contributed by atoms with Gasteiger partial charge in [-0.2, -0.15) is 9.78 Å². The first-order valence-electron chi connectivity index (χ1n) is 9.79. The van der Waals surface area contributed by atoms with Crippen LogP contribution in [0.2, 0.25) is 5.02 Å². The Labute approximate surface area is 184 Å². The molecule has 0 saturated heterocycles. The Balaban J connectivity index is 2.01. The number of aromatic nitrogens is 2. The second-order valence-electron chi connectivity index (χ2n) is 6.99. The van der Waals surface area contributed by atoms with E-state index < -0.39 is 11.5 Å². The van der Waals surface area contributed by atoms with Crippen molar-refractivity contribution in [2.24, 2.45) is 0 Å². The molecule has 2 N–H and O–H groups in total. The average Bonchev–Trinajstić information content (AvgIpc) is 2.77. The minimum atomic E-state index is -0.566. The summed E-state index contributed by atoms with van der Waals surface area (Å²) in [5.74, 6) is -0.421. The minimum absolute atomic E-state index is 0.00471. The van der Waals surface area contributed by atoms with Gasteiger partial charge in [0.15, 0.2) is 5.69 Å². The number of carbonyl (C=O) groups excluding carboxylic acids is 2. The van der Waals surface area contributed by atoms with Crippen LogP contribution >= 0.6 is 11.6 Å². The number of nitrogens with zero attached hydrogens (tertiary/aromatic N) is 2. The van der Waals surface area contributed by atoms with Crippen LogP contribution in [0.5, 0.6) is 5.75 Å². The molecule has 0 saturated carbocycles. The first-order valence-corrected chi connectivity index (χ1v) is 10.2. The second kappa shape index (κ2) is 9.61. The van der Waals surface area contributed by atoms with Crippen LogP contribution in [0.3, 0.4) is 0 Å². The predicted octanol–water partition coefficient (Wildman–Crippen LogP) is 2.69. The minimum Gasteiger partial charge on any atom is -0.495 e. The quantitative estimate of drug-likeness (QED) is 0.585. The fraction of sp³-hybridized carbons (Fsp3) is 0.273. The highest BCUT2D eigenvalue weighted by molar-refractivity contribution is 6.32. The Kier molecular flexibility index (Phi) is 6.91. The Morgan fingerprint density at radius 1 is 1.19 bits per heavy atom. The van der Waals surface area contributed by atoms with Gasteiger partial charge in [0.2, 0.25) is 5.91 Å². The number of amides is 2. The lowest BCUT2D eigenvalue weighted by molar-refractivity contribution is -0.120. The van der Waals surface area contributed by atoms with Crippen molar-refractivity contribution in [1.82, 2.24) is 20.4 Å². The average molecular weight is 443 g/mol. The van der Waals surface area contributed by atoms with Gasteiger partial charge >= 0.3 is 0 Å². The molecule has 0 fully saturated rings. The van der Waals surface area contributed by atoms with E-state index >= 15 is 0 Å². The molecule has 0 radical (unpaired) electrons. The van der Waals surface area contributed by atoms with Gasteiger partial charge in [0, 0.05) is 11.4 Å². The van der Waals surface area contributed by atoms with Crippen molar-refractivity contribution in [3.63, 3.8) is 0 Å². The van der Waals surface area contributed by atoms with E-state index in [0.29, 0.717) is 27.2 Å². The fourth-order valence-electron chi connectivity index (χ4n) is 2.99. The maximum Gasteiger partial charge on any atom is 0.279 e. The van der Waals surface area contributed by atoms with Crippen LogP contribution in [0.25, 0.3) is 16.5 Å². The Morgan fingerprint density at radius 2 is 1.90 bits per heavy atom. The van der Waals surface area contributed by atoms with E-state index in [1.54, 1.807) is 36.4 Å². The summed E-state index contributed by atoms with van der Waals surface area (Å²) in [7, 11) is 1.49. The van der Waals surface area contributed by atoms with Crippen molar-refractivity contribution >= 4 is 34.2 Å². The molecule has 1 heterocycles. The first-order chi connectivity index (χ1) is 14.8. The molecule has 3 aromatic rings. The number of fused-ring (bicyclic) bond motifs is 1. The van der Waals surface area contributed by atoms with Gasteiger partial charge in [-0.3, -0.25) is 14.4 Å². The molecule has 0 aliphatic rings. The van der Waals surface area contributed by atoms with Gasteiger partial charge in [0.25, 0.3) is 11.5 Å². The summed E-state index contributed by atoms with van der Waals surface area (Å²) in [6.45, 7) is 3.63. The van der Waals surface area contributed by atoms with Gasteiger partial charge in [-0.25, -0.2) is 0 Å². The summed E-state index contributed by atoms with van der Waals surface area (Å²) in [4.78, 5) is 37.9. The number of hydrogen-bond acceptors (Lipinski definition) is 5. The molecule has 162 valence electrons. The molecule has 0 aliphatic carbocycles. The summed E-state index contributed by atoms with van der Waals surface area (Å²) >= 11 is 6.20. The number of benzene rings is 2. The molecule has 0 bridgehead atoms. The van der Waals surface area contributed by atoms with E-state index in [4.69, 9.17) is 16.3 Å². The fourth-order valence-corrected chi connectivity index (χ4v) is 3.24. The molecule has 3 rings (SSSR count). The van der Waals surface area contributed by atoms with Crippen molar-refractivity contribution in [2.75, 3.05) is 13.7 Å². The number of nitrogens with one attached hydrogen (secondary N) is 2. The highest BCUT2D eigenvalue weighted by Gasteiger charge is 2.19. The lowest BCUT2D eigenvalue weighted by atomic mass is 10.1. The maximum absolute atomic E-state index is 13.0. The number of carbonyl (C=O) groups is 2. The summed E-state index contributed by atoms with van der Waals surface area (Å²) < 4.78 is 6.26. The van der Waals surface area contributed by atoms with Crippen LogP contribution in [0.1, 0.15) is 30.8 Å². The van der Waals surface area contributed by atoms with Crippen LogP contribution in [0.15, 0.2) is 47.3 Å². The molecule has 0 unspecified atom stereocenters. The highest BCUT2D eigenvalue weighted by atomic mass is 35.5. The van der Waals surface area contributed by atoms with Crippen molar-refractivity contribution in [3.8, 4) is 11.4 Å². The van der Waals surface area contributed by atoms with Gasteiger partial charge in [-0.15, -0.1) is 0 Å². The van der Waals surface area contributed by atoms with E-state index in [9.17, 15) is 14.4 Å². The third-order valence-electron chi connectivity index (χ3n) is 4.83. The van der Waals surface area contributed by atoms with E-state index in [2.05, 4.69) is 15.7 Å². The van der Waals surface area contributed by atoms with Crippen LogP contribution in [0.4, 0.5) is 0 Å². The summed E-state index contributed by atoms with van der Waals surface area (Å²) in [5.41, 5.74) is 0.00601. The number of ether oxygens (including phenoxy) is 1. The number of halogens is 1. The van der Waals surface area contributed by atoms with E-state index in [-0.39, 0.29) is 24.2 Å². The molecule has 1 aromatic heterocycles. The van der Waals surface area contributed by atoms with Gasteiger partial charge in [0.05, 0.1) is 29.8 Å². The molecular formula is C22H23ClN4O4. The monoisotopic (exact) mass is 442 g/mol. The third-order valence-corrected chi connectivity index (χ3v) is 5.12. The Hall–Kier alpha value is -3.39. The number of hydrogen-bond donors (Lipinski definition) is 2. The molecule has 2 aromatic carbocycles. The van der Waals surface area contributed by atoms with Crippen molar-refractivity contribution in [2.45, 2.75) is 26.3 Å². The highest BCUT2D eigenvalue weighted by Crippen LogP contribution is 2.26. The van der Waals surface area contributed by atoms with E-state index in [1.165, 1.54) is 13.2 Å². The molecule has 2 amide bonds. The molecule has 8 nitrogen and oxygen atoms in total. The van der Waals surface area contributed by atoms with Gasteiger partial charge < -0.3 is 15.4 Å². The smallest absolute Gasteiger partial charge is 0.279 e. The van der Waals surface area contributed by atoms with Crippen LogP contribution in [-0.2, 0) is 4.79 Å². The zero-order chi connectivity index (χ0) is 22.5. The summed E-state index contributed by atoms with van der Waals surface area (Å²) in [6.07, 6.45) is 0.779. The van der Waals surface area contributed by atoms with Crippen molar-refractivity contribution in [3.05, 3.63) is 63.5 Å². The molecule has 0 aliphatic heterocycles. The maximum atomic E-state index is 13.0. The molecular weight excluding hydrogens is 420 g/mol. The van der Waals surface area contributed by atoms with Gasteiger partial charge in [0.1, 0.15) is 5.75 Å². The SMILES string of the molecule is CC[C@@H](C)NC(=O)CNC(=O)c1nn(-c2ccc(OC)c(Cl)c2)c(=O)c2ccccc12. The standard InChI is InChI=1S/C22H23ClN4O4/c1-4-13(2)25-19(28)12-24-21(29)20-15-7-5-6-8-16(15)22(30)27(26-20)14-9-10-18(31-3)17(23)11-14/h5-11,13H,4,12H2,1-3H3,(H,24,29)(H,25,28)/t13-/m1/s1. The number of rotatable bonds is 7. The van der Waals surface area contributed by atoms with Crippen LogP contribution in [-0.4, -0.2) is 41.3 Å². The largest absolute Gasteiger partial charge is 0.495 e. The van der Waals surface area contributed by atoms with Crippen molar-refractivity contribution in [1.29, 1.82) is 0 Å². The van der Waals surface area contributed by atoms with Crippen molar-refractivity contribution < 1.29 is 14.3 Å². The van der Waals surface area contributed by atoms with E-state index in [1.807, 2.05) is 13.8 Å². The second-order valence-corrected chi connectivity index (χ2v) is 7.40. The predicted molar refractivity (Wildman–Crippen MR) is 119 cm³/mol. The third kappa shape index (κ3) is 4.86. The van der Waals surface area contributed by atoms with Gasteiger partial charge in [-0.1, -0.05) is 36.7 Å². The lowest BCUT2D eigenvalue weighted by Crippen LogP contribution is -2.41. The van der Waals surface area contributed by atoms with Crippen LogP contribution in [0, 0.1) is 0 Å². The Morgan fingerprint density at radius 3 is 2.55 bits per heavy atom. The lowest BCUT2D eigenvalue weighted by Gasteiger charge is -2.13. The normalized spacial score (nSPS) is 11.7. The number of methoxy groups -OCH3 is 1. The zero-order valence-electron chi connectivity index (χ0n) is 17.4. The molecule has 9 heteroatoms. The van der Waals surface area contributed by atoms with E-state index in [0.717, 1.165) is 11.1 Å². The molecule has 31 heavy (non-hydrogen) atoms. The summed E-state index contributed by atoms with van der Waals surface area (Å²) in [6, 6.07) is 11.4. The van der Waals surface area contributed by atoms with Crippen LogP contribution < -0.4 is 20.9 Å². The molecule has 0 spiro atoms. The topological polar surface area (TPSA) is 102 Å². The molecule has 1 atom stereocenters. The first kappa shape index (κ1) is 22.3. The Bertz CT molecular complexity index is 1190. The zero-order valence-corrected chi connectivity index (χ0v) is 18.2. The summed E-state index contributed by atoms with van der Waals surface area (Å²) in [5, 5.41) is 10.6.